The maximum atomic E-state index is 12.8. The van der Waals surface area contributed by atoms with E-state index in [2.05, 4.69) is 10.2 Å². The Morgan fingerprint density at radius 3 is 2.54 bits per heavy atom. The Hall–Kier alpha value is -1.64. The van der Waals surface area contributed by atoms with E-state index in [0.717, 1.165) is 44.8 Å². The zero-order valence-electron chi connectivity index (χ0n) is 15.9. The van der Waals surface area contributed by atoms with Crippen molar-refractivity contribution < 1.29 is 22.7 Å². The Bertz CT molecular complexity index is 654. The van der Waals surface area contributed by atoms with E-state index in [9.17, 15) is 18.0 Å². The van der Waals surface area contributed by atoms with Gasteiger partial charge < -0.3 is 15.8 Å². The van der Waals surface area contributed by atoms with Crippen LogP contribution in [0.15, 0.2) is 24.3 Å². The summed E-state index contributed by atoms with van der Waals surface area (Å²) in [5.74, 6) is 0.0537. The highest BCUT2D eigenvalue weighted by molar-refractivity contribution is 5.82. The van der Waals surface area contributed by atoms with Crippen molar-refractivity contribution in [1.29, 1.82) is 0 Å². The van der Waals surface area contributed by atoms with Crippen molar-refractivity contribution in [2.75, 3.05) is 26.3 Å². The van der Waals surface area contributed by atoms with Crippen LogP contribution in [-0.4, -0.2) is 49.2 Å². The van der Waals surface area contributed by atoms with Crippen molar-refractivity contribution in [2.24, 2.45) is 11.7 Å². The Morgan fingerprint density at radius 1 is 1.21 bits per heavy atom. The van der Waals surface area contributed by atoms with Crippen LogP contribution in [0.4, 0.5) is 13.2 Å². The first-order chi connectivity index (χ1) is 13.3. The highest BCUT2D eigenvalue weighted by Gasteiger charge is 2.31. The van der Waals surface area contributed by atoms with Crippen LogP contribution in [0.5, 0.6) is 0 Å². The van der Waals surface area contributed by atoms with Crippen LogP contribution in [-0.2, 0) is 22.3 Å². The highest BCUT2D eigenvalue weighted by Crippen LogP contribution is 2.30. The number of hydrogen-bond acceptors (Lipinski definition) is 4. The van der Waals surface area contributed by atoms with Gasteiger partial charge in [-0.25, -0.2) is 0 Å². The van der Waals surface area contributed by atoms with Crippen LogP contribution in [0.2, 0.25) is 0 Å². The molecule has 5 nitrogen and oxygen atoms in total. The molecular formula is C20H28F3N3O2. The molecule has 1 aromatic rings. The number of carbonyl (C=O) groups is 1. The lowest BCUT2D eigenvalue weighted by Gasteiger charge is -2.34. The van der Waals surface area contributed by atoms with Gasteiger partial charge in [0.2, 0.25) is 5.91 Å². The molecular weight excluding hydrogens is 371 g/mol. The molecule has 1 atom stereocenters. The summed E-state index contributed by atoms with van der Waals surface area (Å²) in [7, 11) is 0. The summed E-state index contributed by atoms with van der Waals surface area (Å²) >= 11 is 0. The van der Waals surface area contributed by atoms with Gasteiger partial charge in [-0.05, 0) is 43.2 Å². The van der Waals surface area contributed by atoms with Crippen LogP contribution in [0, 0.1) is 5.92 Å². The Labute approximate surface area is 163 Å². The number of nitrogens with zero attached hydrogens (tertiary/aromatic N) is 1. The SMILES string of the molecule is NC(C(=O)NC1CCN(Cc2cccc(C(F)(F)F)c2)CC1)C1CCOCC1. The lowest BCUT2D eigenvalue weighted by atomic mass is 9.91. The van der Waals surface area contributed by atoms with E-state index in [4.69, 9.17) is 10.5 Å². The first-order valence-electron chi connectivity index (χ1n) is 9.85. The largest absolute Gasteiger partial charge is 0.416 e. The van der Waals surface area contributed by atoms with Gasteiger partial charge in [-0.1, -0.05) is 18.2 Å². The molecule has 2 heterocycles. The third-order valence-corrected chi connectivity index (χ3v) is 5.67. The molecule has 0 aromatic heterocycles. The fourth-order valence-corrected chi connectivity index (χ4v) is 3.93. The number of rotatable bonds is 5. The standard InChI is InChI=1S/C20H28F3N3O2/c21-20(22,23)16-3-1-2-14(12-16)13-26-8-4-17(5-9-26)25-19(27)18(24)15-6-10-28-11-7-15/h1-3,12,15,17-18H,4-11,13,24H2,(H,25,27). The molecule has 156 valence electrons. The summed E-state index contributed by atoms with van der Waals surface area (Å²) in [6, 6.07) is 5.02. The van der Waals surface area contributed by atoms with Crippen molar-refractivity contribution >= 4 is 5.91 Å². The minimum Gasteiger partial charge on any atom is -0.381 e. The fraction of sp³-hybridized carbons (Fsp3) is 0.650. The second-order valence-electron chi connectivity index (χ2n) is 7.73. The average Bonchev–Trinajstić information content (AvgIpc) is 2.69. The van der Waals surface area contributed by atoms with Crippen molar-refractivity contribution in [3.8, 4) is 0 Å². The van der Waals surface area contributed by atoms with Gasteiger partial charge >= 0.3 is 6.18 Å². The summed E-state index contributed by atoms with van der Waals surface area (Å²) in [6.45, 7) is 3.24. The van der Waals surface area contributed by atoms with E-state index in [1.54, 1.807) is 6.07 Å². The highest BCUT2D eigenvalue weighted by atomic mass is 19.4. The molecule has 2 fully saturated rings. The number of ether oxygens (including phenoxy) is 1. The summed E-state index contributed by atoms with van der Waals surface area (Å²) in [5.41, 5.74) is 6.15. The van der Waals surface area contributed by atoms with Gasteiger partial charge in [0.15, 0.2) is 0 Å². The number of carbonyl (C=O) groups excluding carboxylic acids is 1. The van der Waals surface area contributed by atoms with Gasteiger partial charge in [0.25, 0.3) is 0 Å². The molecule has 0 spiro atoms. The monoisotopic (exact) mass is 399 g/mol. The fourth-order valence-electron chi connectivity index (χ4n) is 3.93. The van der Waals surface area contributed by atoms with Gasteiger partial charge in [-0.3, -0.25) is 9.69 Å². The number of nitrogens with two attached hydrogens (primary N) is 1. The van der Waals surface area contributed by atoms with Crippen LogP contribution in [0.3, 0.4) is 0 Å². The normalized spacial score (nSPS) is 21.4. The molecule has 1 aromatic carbocycles. The second-order valence-corrected chi connectivity index (χ2v) is 7.73. The van der Waals surface area contributed by atoms with Gasteiger partial charge in [0.1, 0.15) is 0 Å². The molecule has 0 aliphatic carbocycles. The minimum atomic E-state index is -4.32. The van der Waals surface area contributed by atoms with E-state index in [1.807, 2.05) is 0 Å². The first-order valence-corrected chi connectivity index (χ1v) is 9.85. The van der Waals surface area contributed by atoms with E-state index in [0.29, 0.717) is 25.3 Å². The van der Waals surface area contributed by atoms with E-state index in [1.165, 1.54) is 12.1 Å². The number of amides is 1. The number of hydrogen-bond donors (Lipinski definition) is 2. The number of halogens is 3. The van der Waals surface area contributed by atoms with Crippen molar-refractivity contribution in [3.63, 3.8) is 0 Å². The molecule has 2 aliphatic rings. The van der Waals surface area contributed by atoms with E-state index in [-0.39, 0.29) is 17.9 Å². The number of benzene rings is 1. The maximum Gasteiger partial charge on any atom is 0.416 e. The van der Waals surface area contributed by atoms with Crippen molar-refractivity contribution in [1.82, 2.24) is 10.2 Å². The summed E-state index contributed by atoms with van der Waals surface area (Å²) in [6.07, 6.45) is -1.17. The van der Waals surface area contributed by atoms with Gasteiger partial charge in [0, 0.05) is 38.9 Å². The maximum absolute atomic E-state index is 12.8. The van der Waals surface area contributed by atoms with E-state index < -0.39 is 17.8 Å². The van der Waals surface area contributed by atoms with Crippen LogP contribution < -0.4 is 11.1 Å². The zero-order valence-corrected chi connectivity index (χ0v) is 15.9. The smallest absolute Gasteiger partial charge is 0.381 e. The van der Waals surface area contributed by atoms with Crippen LogP contribution in [0.25, 0.3) is 0 Å². The molecule has 3 N–H and O–H groups in total. The summed E-state index contributed by atoms with van der Waals surface area (Å²) < 4.78 is 43.9. The average molecular weight is 399 g/mol. The third kappa shape index (κ3) is 5.68. The molecule has 1 unspecified atom stereocenters. The number of piperidine rings is 1. The van der Waals surface area contributed by atoms with Gasteiger partial charge in [0.05, 0.1) is 11.6 Å². The Kier molecular flexibility index (Phi) is 6.95. The number of likely N-dealkylation sites (tertiary alicyclic amines) is 1. The van der Waals surface area contributed by atoms with E-state index >= 15 is 0 Å². The molecule has 2 saturated heterocycles. The Balaban J connectivity index is 1.45. The number of nitrogens with one attached hydrogen (secondary N) is 1. The number of alkyl halides is 3. The molecule has 0 saturated carbocycles. The van der Waals surface area contributed by atoms with Crippen molar-refractivity contribution in [3.05, 3.63) is 35.4 Å². The predicted octanol–water partition coefficient (Wildman–Crippen LogP) is 2.54. The van der Waals surface area contributed by atoms with Crippen LogP contribution in [0.1, 0.15) is 36.8 Å². The lowest BCUT2D eigenvalue weighted by Crippen LogP contribution is -2.52. The quantitative estimate of drug-likeness (QED) is 0.799. The van der Waals surface area contributed by atoms with Crippen molar-refractivity contribution in [2.45, 2.75) is 50.5 Å². The topological polar surface area (TPSA) is 67.6 Å². The van der Waals surface area contributed by atoms with Gasteiger partial charge in [-0.15, -0.1) is 0 Å². The molecule has 2 aliphatic heterocycles. The molecule has 3 rings (SSSR count). The van der Waals surface area contributed by atoms with Gasteiger partial charge in [-0.2, -0.15) is 13.2 Å². The molecule has 0 bridgehead atoms. The summed E-state index contributed by atoms with van der Waals surface area (Å²) in [4.78, 5) is 14.5. The molecule has 0 radical (unpaired) electrons. The Morgan fingerprint density at radius 2 is 1.89 bits per heavy atom. The predicted molar refractivity (Wildman–Crippen MR) is 99.4 cm³/mol. The summed E-state index contributed by atoms with van der Waals surface area (Å²) in [5, 5.41) is 3.05. The first kappa shape index (κ1) is 21.1. The minimum absolute atomic E-state index is 0.0659. The second kappa shape index (κ2) is 9.24. The lowest BCUT2D eigenvalue weighted by molar-refractivity contribution is -0.137. The molecule has 28 heavy (non-hydrogen) atoms. The van der Waals surface area contributed by atoms with Crippen LogP contribution >= 0.6 is 0 Å². The molecule has 8 heteroatoms. The zero-order chi connectivity index (χ0) is 20.1. The molecule has 1 amide bonds. The third-order valence-electron chi connectivity index (χ3n) is 5.67.